The zero-order chi connectivity index (χ0) is 27.1. The fourth-order valence-corrected chi connectivity index (χ4v) is 4.94. The van der Waals surface area contributed by atoms with E-state index in [1.807, 2.05) is 44.2 Å². The lowest BCUT2D eigenvalue weighted by Gasteiger charge is -2.23. The van der Waals surface area contributed by atoms with Crippen LogP contribution in [0.3, 0.4) is 0 Å². The van der Waals surface area contributed by atoms with Crippen LogP contribution >= 0.6 is 0 Å². The molecule has 0 bridgehead atoms. The van der Waals surface area contributed by atoms with Gasteiger partial charge in [0.25, 0.3) is 5.89 Å². The van der Waals surface area contributed by atoms with Crippen LogP contribution in [0.4, 0.5) is 0 Å². The van der Waals surface area contributed by atoms with Gasteiger partial charge in [0.05, 0.1) is 35.3 Å². The lowest BCUT2D eigenvalue weighted by atomic mass is 9.82. The maximum atomic E-state index is 14.0. The van der Waals surface area contributed by atoms with Crippen LogP contribution in [0, 0.1) is 6.92 Å². The first kappa shape index (κ1) is 24.6. The van der Waals surface area contributed by atoms with Gasteiger partial charge in [-0.15, -0.1) is 10.2 Å². The SMILES string of the molecule is CCCOc1c2c(c(OCCC)c3c(-c4nnc(-c5ccccc5)o4)c(C)oc13)C(=O)c1ccccc1C2=O. The molecule has 39 heavy (non-hydrogen) atoms. The zero-order valence-electron chi connectivity index (χ0n) is 21.9. The Bertz CT molecular complexity index is 1730. The Labute approximate surface area is 224 Å². The van der Waals surface area contributed by atoms with Crippen LogP contribution < -0.4 is 9.47 Å². The van der Waals surface area contributed by atoms with Gasteiger partial charge in [-0.05, 0) is 31.9 Å². The second-order valence-electron chi connectivity index (χ2n) is 9.32. The Morgan fingerprint density at radius 3 is 1.90 bits per heavy atom. The number of hydrogen-bond donors (Lipinski definition) is 0. The fraction of sp³-hybridized carbons (Fsp3) is 0.226. The molecule has 8 heteroatoms. The molecular formula is C31H26N2O6. The number of aryl methyl sites for hydroxylation is 1. The third kappa shape index (κ3) is 3.91. The number of rotatable bonds is 8. The van der Waals surface area contributed by atoms with Gasteiger partial charge in [0.2, 0.25) is 5.89 Å². The van der Waals surface area contributed by atoms with Crippen LogP contribution in [0.15, 0.2) is 63.4 Å². The van der Waals surface area contributed by atoms with Crippen LogP contribution in [0.5, 0.6) is 11.5 Å². The fourth-order valence-electron chi connectivity index (χ4n) is 4.94. The largest absolute Gasteiger partial charge is 0.492 e. The number of hydrogen-bond acceptors (Lipinski definition) is 8. The van der Waals surface area contributed by atoms with E-state index in [2.05, 4.69) is 10.2 Å². The zero-order valence-corrected chi connectivity index (χ0v) is 21.9. The number of benzene rings is 3. The molecule has 0 radical (unpaired) electrons. The lowest BCUT2D eigenvalue weighted by Crippen LogP contribution is -2.23. The summed E-state index contributed by atoms with van der Waals surface area (Å²) in [5.41, 5.74) is 2.53. The van der Waals surface area contributed by atoms with Crippen molar-refractivity contribution in [2.45, 2.75) is 33.6 Å². The van der Waals surface area contributed by atoms with Crippen molar-refractivity contribution in [2.24, 2.45) is 0 Å². The monoisotopic (exact) mass is 522 g/mol. The summed E-state index contributed by atoms with van der Waals surface area (Å²) in [7, 11) is 0. The Hall–Kier alpha value is -4.72. The van der Waals surface area contributed by atoms with Gasteiger partial charge in [0.1, 0.15) is 11.5 Å². The van der Waals surface area contributed by atoms with Crippen LogP contribution in [-0.4, -0.2) is 35.0 Å². The van der Waals surface area contributed by atoms with Gasteiger partial charge in [-0.1, -0.05) is 56.3 Å². The topological polar surface area (TPSA) is 105 Å². The molecule has 196 valence electrons. The Morgan fingerprint density at radius 1 is 0.692 bits per heavy atom. The van der Waals surface area contributed by atoms with E-state index in [0.29, 0.717) is 65.4 Å². The molecule has 0 spiro atoms. The number of aromatic nitrogens is 2. The minimum atomic E-state index is -0.311. The first-order valence-electron chi connectivity index (χ1n) is 13.0. The molecule has 2 aromatic heterocycles. The predicted molar refractivity (Wildman–Crippen MR) is 145 cm³/mol. The van der Waals surface area contributed by atoms with Crippen LogP contribution in [0.25, 0.3) is 33.9 Å². The van der Waals surface area contributed by atoms with Crippen molar-refractivity contribution in [3.05, 3.63) is 82.6 Å². The normalized spacial score (nSPS) is 12.5. The molecule has 0 atom stereocenters. The molecule has 1 aliphatic rings. The lowest BCUT2D eigenvalue weighted by molar-refractivity contribution is 0.0972. The molecule has 6 rings (SSSR count). The molecule has 0 saturated carbocycles. The highest BCUT2D eigenvalue weighted by Gasteiger charge is 2.40. The van der Waals surface area contributed by atoms with Crippen LogP contribution in [-0.2, 0) is 0 Å². The highest BCUT2D eigenvalue weighted by molar-refractivity contribution is 6.32. The third-order valence-electron chi connectivity index (χ3n) is 6.65. The number of ether oxygens (including phenoxy) is 2. The van der Waals surface area contributed by atoms with E-state index in [-0.39, 0.29) is 40.1 Å². The predicted octanol–water partition coefficient (Wildman–Crippen LogP) is 6.81. The Morgan fingerprint density at radius 2 is 1.26 bits per heavy atom. The number of carbonyl (C=O) groups is 2. The number of ketones is 2. The second-order valence-corrected chi connectivity index (χ2v) is 9.32. The van der Waals surface area contributed by atoms with E-state index >= 15 is 0 Å². The van der Waals surface area contributed by atoms with Gasteiger partial charge in [-0.3, -0.25) is 9.59 Å². The molecule has 0 fully saturated rings. The van der Waals surface area contributed by atoms with E-state index in [9.17, 15) is 9.59 Å². The summed E-state index contributed by atoms with van der Waals surface area (Å²) in [5, 5.41) is 9.03. The van der Waals surface area contributed by atoms with Gasteiger partial charge in [0, 0.05) is 16.7 Å². The first-order valence-corrected chi connectivity index (χ1v) is 13.0. The molecule has 0 aliphatic heterocycles. The van der Waals surface area contributed by atoms with Crippen molar-refractivity contribution in [3.63, 3.8) is 0 Å². The molecule has 2 heterocycles. The van der Waals surface area contributed by atoms with Gasteiger partial charge >= 0.3 is 0 Å². The summed E-state index contributed by atoms with van der Waals surface area (Å²) in [6.07, 6.45) is 1.38. The molecule has 0 amide bonds. The summed E-state index contributed by atoms with van der Waals surface area (Å²) in [6, 6.07) is 16.2. The standard InChI is InChI=1S/C31H26N2O6/c1-4-15-36-27-22-23(26(35)20-14-10-9-13-19(20)25(22)34)28(37-16-5-2)29-24(27)21(17(3)38-29)31-33-32-30(39-31)18-11-7-6-8-12-18/h6-14H,4-5,15-16H2,1-3H3. The molecule has 8 nitrogen and oxygen atoms in total. The van der Waals surface area contributed by atoms with E-state index in [1.165, 1.54) is 0 Å². The number of carbonyl (C=O) groups excluding carboxylic acids is 2. The smallest absolute Gasteiger partial charge is 0.252 e. The molecule has 1 aliphatic carbocycles. The maximum absolute atomic E-state index is 14.0. The van der Waals surface area contributed by atoms with E-state index < -0.39 is 0 Å². The van der Waals surface area contributed by atoms with Gasteiger partial charge < -0.3 is 18.3 Å². The minimum absolute atomic E-state index is 0.154. The van der Waals surface area contributed by atoms with Crippen LogP contribution in [0.2, 0.25) is 0 Å². The van der Waals surface area contributed by atoms with Crippen LogP contribution in [0.1, 0.15) is 64.3 Å². The van der Waals surface area contributed by atoms with E-state index in [4.69, 9.17) is 18.3 Å². The molecule has 3 aromatic carbocycles. The van der Waals surface area contributed by atoms with Gasteiger partial charge in [-0.2, -0.15) is 0 Å². The maximum Gasteiger partial charge on any atom is 0.252 e. The number of nitrogens with zero attached hydrogens (tertiary/aromatic N) is 2. The Kier molecular flexibility index (Phi) is 6.23. The minimum Gasteiger partial charge on any atom is -0.492 e. The highest BCUT2D eigenvalue weighted by Crippen LogP contribution is 2.50. The summed E-state index contributed by atoms with van der Waals surface area (Å²) < 4.78 is 24.8. The Balaban J connectivity index is 1.68. The molecule has 0 saturated heterocycles. The molecule has 5 aromatic rings. The summed E-state index contributed by atoms with van der Waals surface area (Å²) in [5.74, 6) is 0.874. The van der Waals surface area contributed by atoms with Crippen molar-refractivity contribution < 1.29 is 27.9 Å². The average molecular weight is 523 g/mol. The van der Waals surface area contributed by atoms with Crippen molar-refractivity contribution in [1.82, 2.24) is 10.2 Å². The van der Waals surface area contributed by atoms with Crippen molar-refractivity contribution in [1.29, 1.82) is 0 Å². The van der Waals surface area contributed by atoms with Gasteiger partial charge in [-0.25, -0.2) is 0 Å². The van der Waals surface area contributed by atoms with Crippen molar-refractivity contribution in [2.75, 3.05) is 13.2 Å². The number of furan rings is 1. The van der Waals surface area contributed by atoms with E-state index in [1.54, 1.807) is 31.2 Å². The molecule has 0 unspecified atom stereocenters. The third-order valence-corrected chi connectivity index (χ3v) is 6.65. The second kappa shape index (κ2) is 9.87. The summed E-state index contributed by atoms with van der Waals surface area (Å²) in [4.78, 5) is 27.8. The quantitative estimate of drug-likeness (QED) is 0.215. The van der Waals surface area contributed by atoms with E-state index in [0.717, 1.165) is 5.56 Å². The highest BCUT2D eigenvalue weighted by atomic mass is 16.5. The summed E-state index contributed by atoms with van der Waals surface area (Å²) >= 11 is 0. The van der Waals surface area contributed by atoms with Gasteiger partial charge in [0.15, 0.2) is 22.9 Å². The van der Waals surface area contributed by atoms with Crippen molar-refractivity contribution >= 4 is 22.5 Å². The summed E-state index contributed by atoms with van der Waals surface area (Å²) in [6.45, 7) is 6.35. The number of fused-ring (bicyclic) bond motifs is 3. The average Bonchev–Trinajstić information content (AvgIpc) is 3.58. The molecular weight excluding hydrogens is 496 g/mol. The first-order chi connectivity index (χ1) is 19.0. The molecule has 0 N–H and O–H groups in total. The van der Waals surface area contributed by atoms with Crippen molar-refractivity contribution in [3.8, 4) is 34.4 Å².